The van der Waals surface area contributed by atoms with Crippen molar-refractivity contribution < 1.29 is 5.11 Å². The van der Waals surface area contributed by atoms with E-state index in [1.165, 1.54) is 0 Å². The fraction of sp³-hybridized carbons (Fsp3) is 0.100. The van der Waals surface area contributed by atoms with Crippen LogP contribution in [0.3, 0.4) is 0 Å². The summed E-state index contributed by atoms with van der Waals surface area (Å²) in [5.41, 5.74) is 11.6. The van der Waals surface area contributed by atoms with Crippen molar-refractivity contribution in [3.63, 3.8) is 0 Å². The summed E-state index contributed by atoms with van der Waals surface area (Å²) in [5, 5.41) is 12.2. The van der Waals surface area contributed by atoms with Gasteiger partial charge in [0.1, 0.15) is 6.23 Å². The summed E-state index contributed by atoms with van der Waals surface area (Å²) in [7, 11) is 0. The number of hydrogen-bond acceptors (Lipinski definition) is 2. The van der Waals surface area contributed by atoms with Crippen LogP contribution in [0.5, 0.6) is 0 Å². The zero-order valence-corrected chi connectivity index (χ0v) is 23.5. The lowest BCUT2D eigenvalue weighted by Gasteiger charge is -2.54. The van der Waals surface area contributed by atoms with Gasteiger partial charge in [-0.05, 0) is 33.4 Å². The number of nitrogens with two attached hydrogens (primary N) is 1. The number of benzene rings is 6. The Morgan fingerprint density at radius 3 is 0.643 bits per heavy atom. The van der Waals surface area contributed by atoms with Gasteiger partial charge < -0.3 is 10.8 Å². The normalized spacial score (nSPS) is 12.6. The maximum absolute atomic E-state index is 12.2. The predicted octanol–water partition coefficient (Wildman–Crippen LogP) is 7.95. The van der Waals surface area contributed by atoms with Crippen LogP contribution < -0.4 is 5.73 Å². The van der Waals surface area contributed by atoms with Gasteiger partial charge in [-0.15, -0.1) is 0 Å². The van der Waals surface area contributed by atoms with E-state index in [-0.39, 0.29) is 0 Å². The van der Waals surface area contributed by atoms with Crippen LogP contribution in [-0.4, -0.2) is 11.3 Å². The maximum atomic E-state index is 12.2. The molecule has 0 saturated heterocycles. The average Bonchev–Trinajstić information content (AvgIpc) is 3.07. The van der Waals surface area contributed by atoms with E-state index in [9.17, 15) is 5.11 Å². The van der Waals surface area contributed by atoms with E-state index in [4.69, 9.17) is 5.73 Å². The molecule has 2 heteroatoms. The highest BCUT2D eigenvalue weighted by Gasteiger charge is 2.58. The molecule has 42 heavy (non-hydrogen) atoms. The van der Waals surface area contributed by atoms with Crippen LogP contribution in [0, 0.1) is 5.92 Å². The average molecular weight is 546 g/mol. The second-order valence-corrected chi connectivity index (χ2v) is 10.8. The van der Waals surface area contributed by atoms with Gasteiger partial charge in [0.2, 0.25) is 0 Å². The van der Waals surface area contributed by atoms with Crippen LogP contribution in [0.2, 0.25) is 0 Å². The second-order valence-electron chi connectivity index (χ2n) is 10.8. The summed E-state index contributed by atoms with van der Waals surface area (Å²) in [4.78, 5) is 0. The SMILES string of the molecule is NC(O)C(C(c1ccccc1)(c1ccccc1)c1ccccc1)C(c1ccccc1)(c1ccccc1)c1ccccc1. The fourth-order valence-electron chi connectivity index (χ4n) is 7.12. The molecule has 0 aliphatic heterocycles. The highest BCUT2D eigenvalue weighted by molar-refractivity contribution is 5.60. The third kappa shape index (κ3) is 4.55. The molecule has 6 aromatic rings. The molecule has 6 aromatic carbocycles. The molecule has 0 aliphatic rings. The van der Waals surface area contributed by atoms with E-state index in [1.54, 1.807) is 0 Å². The first-order chi connectivity index (χ1) is 20.7. The molecular weight excluding hydrogens is 510 g/mol. The minimum absolute atomic E-state index is 0.593. The Morgan fingerprint density at radius 2 is 0.500 bits per heavy atom. The summed E-state index contributed by atoms with van der Waals surface area (Å²) in [6.07, 6.45) is -1.23. The third-order valence-electron chi connectivity index (χ3n) is 8.65. The van der Waals surface area contributed by atoms with Gasteiger partial charge in [0, 0.05) is 5.92 Å². The monoisotopic (exact) mass is 545 g/mol. The van der Waals surface area contributed by atoms with Gasteiger partial charge in [-0.25, -0.2) is 0 Å². The molecule has 2 nitrogen and oxygen atoms in total. The van der Waals surface area contributed by atoms with Gasteiger partial charge in [0.25, 0.3) is 0 Å². The number of aliphatic hydroxyl groups excluding tert-OH is 1. The predicted molar refractivity (Wildman–Crippen MR) is 172 cm³/mol. The minimum atomic E-state index is -1.23. The van der Waals surface area contributed by atoms with Gasteiger partial charge in [0.15, 0.2) is 0 Å². The lowest BCUT2D eigenvalue weighted by atomic mass is 9.48. The van der Waals surface area contributed by atoms with Crippen molar-refractivity contribution in [3.05, 3.63) is 215 Å². The summed E-state index contributed by atoms with van der Waals surface area (Å²) in [6.45, 7) is 0. The molecule has 206 valence electrons. The van der Waals surface area contributed by atoms with Gasteiger partial charge in [0.05, 0.1) is 10.8 Å². The molecule has 0 heterocycles. The summed E-state index contributed by atoms with van der Waals surface area (Å²) in [5.74, 6) is -0.593. The Morgan fingerprint density at radius 1 is 0.333 bits per heavy atom. The standard InChI is InChI=1S/C40H35NO/c41-38(42)37(39(31-19-7-1-8-20-31,32-21-9-2-10-22-32)33-23-11-3-12-24-33)40(34-25-13-4-14-26-34,35-27-15-5-16-28-35)36-29-17-6-18-30-36/h1-30,37-38,42H,41H2. The Kier molecular flexibility index (Phi) is 7.83. The van der Waals surface area contributed by atoms with Crippen LogP contribution in [0.4, 0.5) is 0 Å². The fourth-order valence-corrected chi connectivity index (χ4v) is 7.12. The Hall–Kier alpha value is -4.76. The summed E-state index contributed by atoms with van der Waals surface area (Å²) >= 11 is 0. The van der Waals surface area contributed by atoms with Crippen LogP contribution in [0.25, 0.3) is 0 Å². The lowest BCUT2D eigenvalue weighted by molar-refractivity contribution is 0.0534. The first-order valence-electron chi connectivity index (χ1n) is 14.5. The maximum Gasteiger partial charge on any atom is 0.108 e. The molecule has 0 saturated carbocycles. The van der Waals surface area contributed by atoms with E-state index >= 15 is 0 Å². The van der Waals surface area contributed by atoms with E-state index in [1.807, 2.05) is 36.4 Å². The topological polar surface area (TPSA) is 46.2 Å². The van der Waals surface area contributed by atoms with Crippen molar-refractivity contribution in [2.75, 3.05) is 0 Å². The van der Waals surface area contributed by atoms with Crippen molar-refractivity contribution in [2.45, 2.75) is 17.1 Å². The van der Waals surface area contributed by atoms with Gasteiger partial charge >= 0.3 is 0 Å². The summed E-state index contributed by atoms with van der Waals surface area (Å²) in [6, 6.07) is 63.1. The number of aliphatic hydroxyl groups is 1. The van der Waals surface area contributed by atoms with Crippen molar-refractivity contribution in [3.8, 4) is 0 Å². The molecule has 0 bridgehead atoms. The van der Waals surface area contributed by atoms with Crippen molar-refractivity contribution in [2.24, 2.45) is 11.7 Å². The molecule has 0 amide bonds. The van der Waals surface area contributed by atoms with E-state index < -0.39 is 23.0 Å². The van der Waals surface area contributed by atoms with Crippen LogP contribution in [0.15, 0.2) is 182 Å². The van der Waals surface area contributed by atoms with Crippen molar-refractivity contribution in [1.29, 1.82) is 0 Å². The first-order valence-corrected chi connectivity index (χ1v) is 14.5. The van der Waals surface area contributed by atoms with Gasteiger partial charge in [-0.2, -0.15) is 0 Å². The largest absolute Gasteiger partial charge is 0.378 e. The van der Waals surface area contributed by atoms with Crippen LogP contribution >= 0.6 is 0 Å². The molecule has 3 N–H and O–H groups in total. The molecule has 0 spiro atoms. The Bertz CT molecular complexity index is 1350. The second kappa shape index (κ2) is 12.0. The number of rotatable bonds is 9. The molecule has 0 fully saturated rings. The molecule has 0 aromatic heterocycles. The highest BCUT2D eigenvalue weighted by atomic mass is 16.3. The third-order valence-corrected chi connectivity index (χ3v) is 8.65. The van der Waals surface area contributed by atoms with E-state index in [0.29, 0.717) is 0 Å². The van der Waals surface area contributed by atoms with E-state index in [0.717, 1.165) is 33.4 Å². The van der Waals surface area contributed by atoms with Crippen molar-refractivity contribution >= 4 is 0 Å². The zero-order valence-electron chi connectivity index (χ0n) is 23.5. The Labute approximate surface area is 248 Å². The quantitative estimate of drug-likeness (QED) is 0.143. The molecule has 1 unspecified atom stereocenters. The summed E-state index contributed by atoms with van der Waals surface area (Å²) < 4.78 is 0. The molecule has 6 rings (SSSR count). The molecule has 1 atom stereocenters. The first kappa shape index (κ1) is 27.4. The van der Waals surface area contributed by atoms with Crippen molar-refractivity contribution in [1.82, 2.24) is 0 Å². The van der Waals surface area contributed by atoms with Gasteiger partial charge in [-0.3, -0.25) is 0 Å². The lowest BCUT2D eigenvalue weighted by Crippen LogP contribution is -2.58. The number of hydrogen-bond donors (Lipinski definition) is 2. The van der Waals surface area contributed by atoms with Crippen LogP contribution in [0.1, 0.15) is 33.4 Å². The van der Waals surface area contributed by atoms with Gasteiger partial charge in [-0.1, -0.05) is 182 Å². The molecular formula is C40H35NO. The Balaban J connectivity index is 1.87. The molecule has 0 radical (unpaired) electrons. The highest BCUT2D eigenvalue weighted by Crippen LogP contribution is 2.58. The minimum Gasteiger partial charge on any atom is -0.378 e. The smallest absolute Gasteiger partial charge is 0.108 e. The molecule has 0 aliphatic carbocycles. The zero-order chi connectivity index (χ0) is 28.8. The van der Waals surface area contributed by atoms with E-state index in [2.05, 4.69) is 146 Å². The van der Waals surface area contributed by atoms with Crippen LogP contribution in [-0.2, 0) is 10.8 Å².